The Morgan fingerprint density at radius 3 is 2.54 bits per heavy atom. The van der Waals surface area contributed by atoms with Gasteiger partial charge in [-0.3, -0.25) is 4.79 Å². The van der Waals surface area contributed by atoms with Crippen LogP contribution in [0.2, 0.25) is 0 Å². The van der Waals surface area contributed by atoms with Gasteiger partial charge in [-0.25, -0.2) is 12.8 Å². The van der Waals surface area contributed by atoms with Gasteiger partial charge in [-0.1, -0.05) is 23.8 Å². The predicted octanol–water partition coefficient (Wildman–Crippen LogP) is 2.22. The molecule has 1 amide bonds. The maximum absolute atomic E-state index is 13.2. The maximum atomic E-state index is 13.2. The summed E-state index contributed by atoms with van der Waals surface area (Å²) >= 11 is 0. The first-order valence-electron chi connectivity index (χ1n) is 7.53. The molecule has 0 aliphatic carbocycles. The standard InChI is InChI=1S/C17H17FN2O3S/c1-12-5-7-14(8-6-12)20-10-9-16(17(20)21)19-24(22,23)15-4-2-3-13(18)11-15/h2-8,11,16,19H,9-10H2,1H3. The molecule has 0 bridgehead atoms. The van der Waals surface area contributed by atoms with Crippen LogP contribution in [0.3, 0.4) is 0 Å². The van der Waals surface area contributed by atoms with Gasteiger partial charge >= 0.3 is 0 Å². The molecular formula is C17H17FN2O3S. The second-order valence-corrected chi connectivity index (χ2v) is 7.46. The fourth-order valence-corrected chi connectivity index (χ4v) is 3.91. The van der Waals surface area contributed by atoms with Crippen molar-refractivity contribution in [1.29, 1.82) is 0 Å². The second-order valence-electron chi connectivity index (χ2n) is 5.75. The molecule has 0 radical (unpaired) electrons. The van der Waals surface area contributed by atoms with Crippen LogP contribution in [0, 0.1) is 12.7 Å². The highest BCUT2D eigenvalue weighted by atomic mass is 32.2. The molecule has 1 atom stereocenters. The number of halogens is 1. The summed E-state index contributed by atoms with van der Waals surface area (Å²) in [5, 5.41) is 0. The highest BCUT2D eigenvalue weighted by molar-refractivity contribution is 7.89. The third-order valence-corrected chi connectivity index (χ3v) is 5.42. The van der Waals surface area contributed by atoms with Gasteiger partial charge in [0, 0.05) is 12.2 Å². The Morgan fingerprint density at radius 1 is 1.17 bits per heavy atom. The zero-order chi connectivity index (χ0) is 17.3. The predicted molar refractivity (Wildman–Crippen MR) is 88.7 cm³/mol. The molecule has 7 heteroatoms. The summed E-state index contributed by atoms with van der Waals surface area (Å²) in [6, 6.07) is 11.3. The van der Waals surface area contributed by atoms with Crippen molar-refractivity contribution in [2.45, 2.75) is 24.3 Å². The van der Waals surface area contributed by atoms with E-state index in [-0.39, 0.29) is 10.8 Å². The number of sulfonamides is 1. The van der Waals surface area contributed by atoms with E-state index in [1.165, 1.54) is 18.2 Å². The number of hydrogen-bond donors (Lipinski definition) is 1. The van der Waals surface area contributed by atoms with E-state index in [0.717, 1.165) is 17.3 Å². The first kappa shape index (κ1) is 16.6. The molecule has 24 heavy (non-hydrogen) atoms. The Labute approximate surface area is 140 Å². The molecule has 1 aliphatic rings. The third-order valence-electron chi connectivity index (χ3n) is 3.95. The van der Waals surface area contributed by atoms with Gasteiger partial charge in [0.1, 0.15) is 11.9 Å². The van der Waals surface area contributed by atoms with Crippen LogP contribution >= 0.6 is 0 Å². The molecule has 0 aromatic heterocycles. The Hall–Kier alpha value is -2.25. The van der Waals surface area contributed by atoms with E-state index in [4.69, 9.17) is 0 Å². The van der Waals surface area contributed by atoms with Crippen molar-refractivity contribution in [3.05, 3.63) is 59.9 Å². The maximum Gasteiger partial charge on any atom is 0.245 e. The van der Waals surface area contributed by atoms with Gasteiger partial charge in [-0.2, -0.15) is 4.72 Å². The lowest BCUT2D eigenvalue weighted by molar-refractivity contribution is -0.118. The van der Waals surface area contributed by atoms with E-state index in [1.807, 2.05) is 31.2 Å². The quantitative estimate of drug-likeness (QED) is 0.921. The fourth-order valence-electron chi connectivity index (χ4n) is 2.66. The summed E-state index contributed by atoms with van der Waals surface area (Å²) in [6.45, 7) is 2.38. The second kappa shape index (κ2) is 6.33. The molecular weight excluding hydrogens is 331 g/mol. The van der Waals surface area contributed by atoms with E-state index in [9.17, 15) is 17.6 Å². The minimum Gasteiger partial charge on any atom is -0.311 e. The SMILES string of the molecule is Cc1ccc(N2CCC(NS(=O)(=O)c3cccc(F)c3)C2=O)cc1. The number of carbonyl (C=O) groups excluding carboxylic acids is 1. The lowest BCUT2D eigenvalue weighted by Crippen LogP contribution is -2.41. The lowest BCUT2D eigenvalue weighted by Gasteiger charge is -2.17. The molecule has 2 aromatic rings. The summed E-state index contributed by atoms with van der Waals surface area (Å²) in [5.74, 6) is -0.948. The van der Waals surface area contributed by atoms with Crippen molar-refractivity contribution in [3.63, 3.8) is 0 Å². The van der Waals surface area contributed by atoms with Crippen LogP contribution in [0.4, 0.5) is 10.1 Å². The van der Waals surface area contributed by atoms with Crippen LogP contribution in [0.5, 0.6) is 0 Å². The Morgan fingerprint density at radius 2 is 1.88 bits per heavy atom. The number of aryl methyl sites for hydroxylation is 1. The van der Waals surface area contributed by atoms with Crippen molar-refractivity contribution in [2.75, 3.05) is 11.4 Å². The molecule has 1 saturated heterocycles. The van der Waals surface area contributed by atoms with Crippen molar-refractivity contribution in [1.82, 2.24) is 4.72 Å². The average Bonchev–Trinajstić information content (AvgIpc) is 2.89. The van der Waals surface area contributed by atoms with Crippen LogP contribution in [-0.4, -0.2) is 26.9 Å². The molecule has 0 saturated carbocycles. The Balaban J connectivity index is 1.77. The molecule has 1 N–H and O–H groups in total. The molecule has 1 unspecified atom stereocenters. The van der Waals surface area contributed by atoms with Crippen molar-refractivity contribution in [3.8, 4) is 0 Å². The van der Waals surface area contributed by atoms with E-state index >= 15 is 0 Å². The van der Waals surface area contributed by atoms with Crippen LogP contribution in [0.15, 0.2) is 53.4 Å². The summed E-state index contributed by atoms with van der Waals surface area (Å²) < 4.78 is 40.3. The van der Waals surface area contributed by atoms with Gasteiger partial charge in [0.2, 0.25) is 15.9 Å². The molecule has 2 aromatic carbocycles. The fraction of sp³-hybridized carbons (Fsp3) is 0.235. The number of rotatable bonds is 4. The highest BCUT2D eigenvalue weighted by Crippen LogP contribution is 2.23. The van der Waals surface area contributed by atoms with Crippen LogP contribution in [0.1, 0.15) is 12.0 Å². The van der Waals surface area contributed by atoms with Crippen LogP contribution in [-0.2, 0) is 14.8 Å². The van der Waals surface area contributed by atoms with Crippen molar-refractivity contribution in [2.24, 2.45) is 0 Å². The van der Waals surface area contributed by atoms with Crippen LogP contribution < -0.4 is 9.62 Å². The average molecular weight is 348 g/mol. The van der Waals surface area contributed by atoms with Gasteiger partial charge < -0.3 is 4.90 Å². The first-order chi connectivity index (χ1) is 11.4. The number of nitrogens with zero attached hydrogens (tertiary/aromatic N) is 1. The Bertz CT molecular complexity index is 866. The van der Waals surface area contributed by atoms with Gasteiger partial charge in [-0.05, 0) is 43.7 Å². The largest absolute Gasteiger partial charge is 0.311 e. The number of amides is 1. The lowest BCUT2D eigenvalue weighted by atomic mass is 10.2. The summed E-state index contributed by atoms with van der Waals surface area (Å²) in [7, 11) is -3.95. The summed E-state index contributed by atoms with van der Waals surface area (Å²) in [4.78, 5) is 13.9. The number of benzene rings is 2. The van der Waals surface area contributed by atoms with Gasteiger partial charge in [0.25, 0.3) is 0 Å². The Kier molecular flexibility index (Phi) is 4.38. The minimum atomic E-state index is -3.95. The molecule has 3 rings (SSSR count). The molecule has 0 spiro atoms. The monoisotopic (exact) mass is 348 g/mol. The molecule has 5 nitrogen and oxygen atoms in total. The first-order valence-corrected chi connectivity index (χ1v) is 9.01. The van der Waals surface area contributed by atoms with E-state index < -0.39 is 21.9 Å². The van der Waals surface area contributed by atoms with Gasteiger partial charge in [0.05, 0.1) is 4.90 Å². The zero-order valence-electron chi connectivity index (χ0n) is 13.1. The normalized spacial score (nSPS) is 18.2. The van der Waals surface area contributed by atoms with E-state index in [0.29, 0.717) is 13.0 Å². The summed E-state index contributed by atoms with van der Waals surface area (Å²) in [5.41, 5.74) is 1.81. The number of nitrogens with one attached hydrogen (secondary N) is 1. The van der Waals surface area contributed by atoms with E-state index in [1.54, 1.807) is 4.90 Å². The summed E-state index contributed by atoms with van der Waals surface area (Å²) in [6.07, 6.45) is 0.362. The zero-order valence-corrected chi connectivity index (χ0v) is 13.9. The molecule has 1 heterocycles. The molecule has 1 fully saturated rings. The topological polar surface area (TPSA) is 66.5 Å². The van der Waals surface area contributed by atoms with Crippen molar-refractivity contribution >= 4 is 21.6 Å². The molecule has 1 aliphatic heterocycles. The van der Waals surface area contributed by atoms with Gasteiger partial charge in [0.15, 0.2) is 0 Å². The highest BCUT2D eigenvalue weighted by Gasteiger charge is 2.35. The van der Waals surface area contributed by atoms with Crippen molar-refractivity contribution < 1.29 is 17.6 Å². The van der Waals surface area contributed by atoms with Crippen LogP contribution in [0.25, 0.3) is 0 Å². The third kappa shape index (κ3) is 3.32. The smallest absolute Gasteiger partial charge is 0.245 e. The van der Waals surface area contributed by atoms with Gasteiger partial charge in [-0.15, -0.1) is 0 Å². The molecule has 126 valence electrons. The van der Waals surface area contributed by atoms with E-state index in [2.05, 4.69) is 4.72 Å². The number of anilines is 1. The number of hydrogen-bond acceptors (Lipinski definition) is 3. The minimum absolute atomic E-state index is 0.191. The number of carbonyl (C=O) groups is 1.